The Bertz CT molecular complexity index is 184. The summed E-state index contributed by atoms with van der Waals surface area (Å²) in [5.41, 5.74) is 0. The molecule has 2 fully saturated rings. The number of aliphatic hydroxyl groups excluding tert-OH is 1. The molecule has 4 atom stereocenters. The lowest BCUT2D eigenvalue weighted by atomic mass is 9.88. The van der Waals surface area contributed by atoms with Gasteiger partial charge in [-0.3, -0.25) is 0 Å². The fourth-order valence-electron chi connectivity index (χ4n) is 2.46. The first kappa shape index (κ1) is 6.18. The van der Waals surface area contributed by atoms with Crippen molar-refractivity contribution in [2.45, 2.75) is 25.4 Å². The van der Waals surface area contributed by atoms with E-state index in [0.29, 0.717) is 11.8 Å². The second-order valence-electron chi connectivity index (χ2n) is 3.54. The normalized spacial score (nSPS) is 51.2. The Kier molecular flexibility index (Phi) is 1.21. The van der Waals surface area contributed by atoms with Crippen LogP contribution in [-0.2, 0) is 0 Å². The standard InChI is InChI=1S/C8H11NO/c9-4-6-1-5-2-7(6)8(10)3-5/h5-8,10H,1-3H2/t5-,6+,7+,8-/m1/s1. The second-order valence-corrected chi connectivity index (χ2v) is 3.54. The minimum absolute atomic E-state index is 0.161. The topological polar surface area (TPSA) is 44.0 Å². The van der Waals surface area contributed by atoms with Crippen molar-refractivity contribution in [2.24, 2.45) is 17.8 Å². The van der Waals surface area contributed by atoms with Gasteiger partial charge in [0.1, 0.15) is 0 Å². The molecule has 2 saturated carbocycles. The molecule has 2 rings (SSSR count). The molecule has 2 aliphatic rings. The van der Waals surface area contributed by atoms with Gasteiger partial charge in [-0.1, -0.05) is 0 Å². The number of nitrogens with zero attached hydrogens (tertiary/aromatic N) is 1. The van der Waals surface area contributed by atoms with Gasteiger partial charge < -0.3 is 5.11 Å². The lowest BCUT2D eigenvalue weighted by molar-refractivity contribution is 0.0960. The molecule has 54 valence electrons. The molecule has 0 radical (unpaired) electrons. The average Bonchev–Trinajstić information content (AvgIpc) is 2.44. The van der Waals surface area contributed by atoms with E-state index in [9.17, 15) is 5.11 Å². The predicted octanol–water partition coefficient (Wildman–Crippen LogP) is 0.917. The summed E-state index contributed by atoms with van der Waals surface area (Å²) in [5, 5.41) is 18.0. The maximum absolute atomic E-state index is 9.37. The maximum Gasteiger partial charge on any atom is 0.0659 e. The van der Waals surface area contributed by atoms with Crippen LogP contribution in [0.25, 0.3) is 0 Å². The third-order valence-electron chi connectivity index (χ3n) is 2.94. The minimum atomic E-state index is -0.164. The highest BCUT2D eigenvalue weighted by atomic mass is 16.3. The summed E-state index contributed by atoms with van der Waals surface area (Å²) >= 11 is 0. The van der Waals surface area contributed by atoms with E-state index in [1.807, 2.05) is 0 Å². The second kappa shape index (κ2) is 1.96. The summed E-state index contributed by atoms with van der Waals surface area (Å²) in [4.78, 5) is 0. The zero-order valence-corrected chi connectivity index (χ0v) is 5.83. The van der Waals surface area contributed by atoms with E-state index in [4.69, 9.17) is 5.26 Å². The van der Waals surface area contributed by atoms with Gasteiger partial charge in [0.25, 0.3) is 0 Å². The molecule has 0 amide bonds. The fraction of sp³-hybridized carbons (Fsp3) is 0.875. The number of rotatable bonds is 0. The summed E-state index contributed by atoms with van der Waals surface area (Å²) < 4.78 is 0. The van der Waals surface area contributed by atoms with Crippen LogP contribution in [0.2, 0.25) is 0 Å². The first-order valence-corrected chi connectivity index (χ1v) is 3.89. The summed E-state index contributed by atoms with van der Waals surface area (Å²) in [6.45, 7) is 0. The molecule has 0 aliphatic heterocycles. The SMILES string of the molecule is N#C[C@@H]1C[C@@H]2C[C@@H]1[C@H](O)C2. The molecular formula is C8H11NO. The van der Waals surface area contributed by atoms with Crippen molar-refractivity contribution in [2.75, 3.05) is 0 Å². The lowest BCUT2D eigenvalue weighted by Crippen LogP contribution is -2.22. The molecule has 2 nitrogen and oxygen atoms in total. The summed E-state index contributed by atoms with van der Waals surface area (Å²) in [6.07, 6.45) is 2.92. The highest BCUT2D eigenvalue weighted by Crippen LogP contribution is 2.47. The fourth-order valence-corrected chi connectivity index (χ4v) is 2.46. The van der Waals surface area contributed by atoms with E-state index in [0.717, 1.165) is 19.3 Å². The molecule has 0 saturated heterocycles. The first-order chi connectivity index (χ1) is 4.81. The summed E-state index contributed by atoms with van der Waals surface area (Å²) in [6, 6.07) is 2.27. The summed E-state index contributed by atoms with van der Waals surface area (Å²) in [7, 11) is 0. The number of hydrogen-bond donors (Lipinski definition) is 1. The maximum atomic E-state index is 9.37. The molecule has 2 bridgehead atoms. The molecule has 2 heteroatoms. The third-order valence-corrected chi connectivity index (χ3v) is 2.94. The van der Waals surface area contributed by atoms with Crippen molar-refractivity contribution in [1.29, 1.82) is 5.26 Å². The van der Waals surface area contributed by atoms with Crippen LogP contribution < -0.4 is 0 Å². The van der Waals surface area contributed by atoms with Crippen molar-refractivity contribution in [3.8, 4) is 6.07 Å². The van der Waals surface area contributed by atoms with Gasteiger partial charge in [-0.15, -0.1) is 0 Å². The highest BCUT2D eigenvalue weighted by Gasteiger charge is 2.45. The van der Waals surface area contributed by atoms with Crippen LogP contribution in [0.4, 0.5) is 0 Å². The van der Waals surface area contributed by atoms with Gasteiger partial charge in [-0.25, -0.2) is 0 Å². The van der Waals surface area contributed by atoms with Crippen molar-refractivity contribution >= 4 is 0 Å². The van der Waals surface area contributed by atoms with Gasteiger partial charge in [-0.05, 0) is 25.2 Å². The van der Waals surface area contributed by atoms with Crippen LogP contribution in [0, 0.1) is 29.1 Å². The molecule has 0 aromatic rings. The number of nitriles is 1. The number of fused-ring (bicyclic) bond motifs is 2. The van der Waals surface area contributed by atoms with E-state index in [2.05, 4.69) is 6.07 Å². The lowest BCUT2D eigenvalue weighted by Gasteiger charge is -2.19. The van der Waals surface area contributed by atoms with Crippen LogP contribution >= 0.6 is 0 Å². The molecule has 10 heavy (non-hydrogen) atoms. The van der Waals surface area contributed by atoms with Gasteiger partial charge >= 0.3 is 0 Å². The molecule has 0 spiro atoms. The van der Waals surface area contributed by atoms with Crippen LogP contribution in [0.15, 0.2) is 0 Å². The van der Waals surface area contributed by atoms with Crippen LogP contribution in [-0.4, -0.2) is 11.2 Å². The van der Waals surface area contributed by atoms with Gasteiger partial charge in [0, 0.05) is 5.92 Å². The zero-order chi connectivity index (χ0) is 7.14. The molecule has 0 aromatic carbocycles. The third kappa shape index (κ3) is 0.674. The van der Waals surface area contributed by atoms with Crippen molar-refractivity contribution in [3.63, 3.8) is 0 Å². The number of hydrogen-bond acceptors (Lipinski definition) is 2. The summed E-state index contributed by atoms with van der Waals surface area (Å²) in [5.74, 6) is 1.13. The Balaban J connectivity index is 2.14. The molecule has 0 aromatic heterocycles. The van der Waals surface area contributed by atoms with E-state index < -0.39 is 0 Å². The average molecular weight is 137 g/mol. The molecule has 2 aliphatic carbocycles. The highest BCUT2D eigenvalue weighted by molar-refractivity contribution is 5.03. The predicted molar refractivity (Wildman–Crippen MR) is 35.9 cm³/mol. The molecule has 1 N–H and O–H groups in total. The number of aliphatic hydroxyl groups is 1. The van der Waals surface area contributed by atoms with Crippen molar-refractivity contribution in [3.05, 3.63) is 0 Å². The van der Waals surface area contributed by atoms with Gasteiger partial charge in [0.05, 0.1) is 18.1 Å². The van der Waals surface area contributed by atoms with E-state index in [-0.39, 0.29) is 12.0 Å². The van der Waals surface area contributed by atoms with Crippen LogP contribution in [0.1, 0.15) is 19.3 Å². The molecule has 0 heterocycles. The van der Waals surface area contributed by atoms with Crippen LogP contribution in [0.3, 0.4) is 0 Å². The largest absolute Gasteiger partial charge is 0.393 e. The Morgan fingerprint density at radius 2 is 2.10 bits per heavy atom. The van der Waals surface area contributed by atoms with Crippen LogP contribution in [0.5, 0.6) is 0 Å². The van der Waals surface area contributed by atoms with Gasteiger partial charge in [-0.2, -0.15) is 5.26 Å². The Hall–Kier alpha value is -0.550. The van der Waals surface area contributed by atoms with Crippen molar-refractivity contribution in [1.82, 2.24) is 0 Å². The monoisotopic (exact) mass is 137 g/mol. The van der Waals surface area contributed by atoms with E-state index in [1.165, 1.54) is 0 Å². The Morgan fingerprint density at radius 1 is 1.30 bits per heavy atom. The quantitative estimate of drug-likeness (QED) is 0.539. The van der Waals surface area contributed by atoms with E-state index in [1.54, 1.807) is 0 Å². The minimum Gasteiger partial charge on any atom is -0.393 e. The Labute approximate surface area is 60.5 Å². The smallest absolute Gasteiger partial charge is 0.0659 e. The molecular weight excluding hydrogens is 126 g/mol. The van der Waals surface area contributed by atoms with E-state index >= 15 is 0 Å². The van der Waals surface area contributed by atoms with Gasteiger partial charge in [0.2, 0.25) is 0 Å². The molecule has 0 unspecified atom stereocenters. The Morgan fingerprint density at radius 3 is 2.50 bits per heavy atom. The van der Waals surface area contributed by atoms with Crippen molar-refractivity contribution < 1.29 is 5.11 Å². The van der Waals surface area contributed by atoms with Gasteiger partial charge in [0.15, 0.2) is 0 Å². The first-order valence-electron chi connectivity index (χ1n) is 3.89. The zero-order valence-electron chi connectivity index (χ0n) is 5.83.